The fraction of sp³-hybridized carbons (Fsp3) is 0.769. The average Bonchev–Trinajstić information content (AvgIpc) is 2.56. The molecule has 0 aromatic carbocycles. The monoisotopic (exact) mass is 240 g/mol. The van der Waals surface area contributed by atoms with Crippen molar-refractivity contribution in [1.29, 1.82) is 0 Å². The molecule has 2 nitrogen and oxygen atoms in total. The fourth-order valence-electron chi connectivity index (χ4n) is 1.79. The molecule has 0 saturated carbocycles. The van der Waals surface area contributed by atoms with Crippen LogP contribution in [0.5, 0.6) is 0 Å². The molecule has 0 fully saturated rings. The average molecular weight is 240 g/mol. The molecular weight excluding hydrogens is 216 g/mol. The maximum atomic E-state index is 4.61. The lowest BCUT2D eigenvalue weighted by molar-refractivity contribution is 0.410. The first kappa shape index (κ1) is 13.7. The standard InChI is InChI=1S/C13H24N2S/c1-6-9(2)7-12(14-5)8-13-15-10(3)11(4)16-13/h9,12,14H,6-8H2,1-5H3. The van der Waals surface area contributed by atoms with E-state index in [1.807, 2.05) is 11.3 Å². The first-order chi connectivity index (χ1) is 7.56. The minimum atomic E-state index is 0.569. The van der Waals surface area contributed by atoms with Gasteiger partial charge in [0.1, 0.15) is 0 Å². The molecule has 0 bridgehead atoms. The third-order valence-corrected chi connectivity index (χ3v) is 4.38. The van der Waals surface area contributed by atoms with Crippen molar-refractivity contribution in [1.82, 2.24) is 10.3 Å². The molecular formula is C13H24N2S. The summed E-state index contributed by atoms with van der Waals surface area (Å²) in [6.07, 6.45) is 3.57. The number of aryl methyl sites for hydroxylation is 2. The van der Waals surface area contributed by atoms with Gasteiger partial charge in [0.2, 0.25) is 0 Å². The first-order valence-electron chi connectivity index (χ1n) is 6.17. The molecule has 0 amide bonds. The molecule has 1 aromatic rings. The number of likely N-dealkylation sites (N-methyl/N-ethyl adjacent to an activating group) is 1. The van der Waals surface area contributed by atoms with Gasteiger partial charge in [0.15, 0.2) is 0 Å². The van der Waals surface area contributed by atoms with Gasteiger partial charge in [-0.15, -0.1) is 11.3 Å². The number of hydrogen-bond donors (Lipinski definition) is 1. The summed E-state index contributed by atoms with van der Waals surface area (Å²) in [7, 11) is 2.06. The zero-order valence-corrected chi connectivity index (χ0v) is 11.9. The van der Waals surface area contributed by atoms with Crippen molar-refractivity contribution in [2.75, 3.05) is 7.05 Å². The Morgan fingerprint density at radius 3 is 2.50 bits per heavy atom. The number of rotatable bonds is 6. The van der Waals surface area contributed by atoms with Gasteiger partial charge >= 0.3 is 0 Å². The van der Waals surface area contributed by atoms with E-state index >= 15 is 0 Å². The quantitative estimate of drug-likeness (QED) is 0.825. The Morgan fingerprint density at radius 2 is 2.06 bits per heavy atom. The van der Waals surface area contributed by atoms with Crippen LogP contribution in [-0.2, 0) is 6.42 Å². The Kier molecular flexibility index (Phi) is 5.42. The van der Waals surface area contributed by atoms with Crippen molar-refractivity contribution in [3.63, 3.8) is 0 Å². The highest BCUT2D eigenvalue weighted by molar-refractivity contribution is 7.11. The van der Waals surface area contributed by atoms with Crippen LogP contribution >= 0.6 is 11.3 Å². The number of aromatic nitrogens is 1. The minimum absolute atomic E-state index is 0.569. The first-order valence-corrected chi connectivity index (χ1v) is 6.98. The zero-order valence-electron chi connectivity index (χ0n) is 11.1. The summed E-state index contributed by atoms with van der Waals surface area (Å²) < 4.78 is 0. The lowest BCUT2D eigenvalue weighted by Crippen LogP contribution is -2.29. The van der Waals surface area contributed by atoms with Crippen LogP contribution in [0.3, 0.4) is 0 Å². The van der Waals surface area contributed by atoms with E-state index in [1.54, 1.807) is 0 Å². The van der Waals surface area contributed by atoms with Gasteiger partial charge in [0.25, 0.3) is 0 Å². The summed E-state index contributed by atoms with van der Waals surface area (Å²) >= 11 is 1.84. The predicted molar refractivity (Wildman–Crippen MR) is 72.2 cm³/mol. The molecule has 2 atom stereocenters. The third kappa shape index (κ3) is 3.87. The summed E-state index contributed by atoms with van der Waals surface area (Å²) in [4.78, 5) is 5.96. The van der Waals surface area contributed by atoms with Crippen molar-refractivity contribution in [2.45, 2.75) is 53.0 Å². The van der Waals surface area contributed by atoms with E-state index < -0.39 is 0 Å². The van der Waals surface area contributed by atoms with Crippen LogP contribution in [0.15, 0.2) is 0 Å². The number of hydrogen-bond acceptors (Lipinski definition) is 3. The van der Waals surface area contributed by atoms with Gasteiger partial charge in [-0.25, -0.2) is 4.98 Å². The molecule has 3 heteroatoms. The van der Waals surface area contributed by atoms with E-state index in [-0.39, 0.29) is 0 Å². The van der Waals surface area contributed by atoms with Crippen LogP contribution in [0.4, 0.5) is 0 Å². The second-order valence-corrected chi connectivity index (χ2v) is 5.98. The molecule has 92 valence electrons. The molecule has 16 heavy (non-hydrogen) atoms. The number of nitrogens with one attached hydrogen (secondary N) is 1. The predicted octanol–water partition coefficient (Wildman–Crippen LogP) is 3.33. The smallest absolute Gasteiger partial charge is 0.0946 e. The molecule has 1 N–H and O–H groups in total. The summed E-state index contributed by atoms with van der Waals surface area (Å²) in [6, 6.07) is 0.569. The van der Waals surface area contributed by atoms with Crippen molar-refractivity contribution in [3.8, 4) is 0 Å². The van der Waals surface area contributed by atoms with Crippen LogP contribution in [-0.4, -0.2) is 18.1 Å². The van der Waals surface area contributed by atoms with E-state index in [0.717, 1.165) is 12.3 Å². The van der Waals surface area contributed by atoms with E-state index in [2.05, 4.69) is 45.0 Å². The van der Waals surface area contributed by atoms with Crippen LogP contribution in [0.1, 0.15) is 42.3 Å². The van der Waals surface area contributed by atoms with Crippen molar-refractivity contribution in [2.24, 2.45) is 5.92 Å². The molecule has 0 saturated heterocycles. The molecule has 2 unspecified atom stereocenters. The normalized spacial score (nSPS) is 15.1. The molecule has 0 aliphatic heterocycles. The highest BCUT2D eigenvalue weighted by Crippen LogP contribution is 2.20. The highest BCUT2D eigenvalue weighted by Gasteiger charge is 2.13. The lowest BCUT2D eigenvalue weighted by atomic mass is 9.98. The Hall–Kier alpha value is -0.410. The second kappa shape index (κ2) is 6.36. The van der Waals surface area contributed by atoms with E-state index in [9.17, 15) is 0 Å². The molecule has 1 aromatic heterocycles. The SMILES string of the molecule is CCC(C)CC(Cc1nc(C)c(C)s1)NC. The Labute approximate surface area is 103 Å². The van der Waals surface area contributed by atoms with E-state index in [1.165, 1.54) is 28.4 Å². The zero-order chi connectivity index (χ0) is 12.1. The van der Waals surface area contributed by atoms with Crippen molar-refractivity contribution in [3.05, 3.63) is 15.6 Å². The van der Waals surface area contributed by atoms with Gasteiger partial charge < -0.3 is 5.32 Å². The maximum Gasteiger partial charge on any atom is 0.0946 e. The molecule has 0 aliphatic rings. The third-order valence-electron chi connectivity index (χ3n) is 3.29. The van der Waals surface area contributed by atoms with Gasteiger partial charge in [0, 0.05) is 17.3 Å². The molecule has 0 spiro atoms. The Bertz CT molecular complexity index is 300. The van der Waals surface area contributed by atoms with Crippen LogP contribution in [0, 0.1) is 19.8 Å². The lowest BCUT2D eigenvalue weighted by Gasteiger charge is -2.18. The van der Waals surface area contributed by atoms with Crippen molar-refractivity contribution < 1.29 is 0 Å². The maximum absolute atomic E-state index is 4.61. The molecule has 1 heterocycles. The van der Waals surface area contributed by atoms with Gasteiger partial charge in [-0.1, -0.05) is 20.3 Å². The van der Waals surface area contributed by atoms with Crippen LogP contribution in [0.25, 0.3) is 0 Å². The molecule has 0 radical (unpaired) electrons. The largest absolute Gasteiger partial charge is 0.317 e. The van der Waals surface area contributed by atoms with Gasteiger partial charge in [0.05, 0.1) is 10.7 Å². The number of thiazole rings is 1. The van der Waals surface area contributed by atoms with Crippen molar-refractivity contribution >= 4 is 11.3 Å². The summed E-state index contributed by atoms with van der Waals surface area (Å²) in [5.41, 5.74) is 1.19. The Balaban J connectivity index is 2.56. The van der Waals surface area contributed by atoms with Gasteiger partial charge in [-0.3, -0.25) is 0 Å². The topological polar surface area (TPSA) is 24.9 Å². The Morgan fingerprint density at radius 1 is 1.38 bits per heavy atom. The van der Waals surface area contributed by atoms with E-state index in [0.29, 0.717) is 6.04 Å². The van der Waals surface area contributed by atoms with Gasteiger partial charge in [-0.2, -0.15) is 0 Å². The summed E-state index contributed by atoms with van der Waals surface area (Å²) in [5.74, 6) is 0.791. The highest BCUT2D eigenvalue weighted by atomic mass is 32.1. The van der Waals surface area contributed by atoms with Crippen LogP contribution in [0.2, 0.25) is 0 Å². The van der Waals surface area contributed by atoms with E-state index in [4.69, 9.17) is 0 Å². The fourth-order valence-corrected chi connectivity index (χ4v) is 2.81. The molecule has 0 aliphatic carbocycles. The molecule has 1 rings (SSSR count). The van der Waals surface area contributed by atoms with Gasteiger partial charge in [-0.05, 0) is 33.2 Å². The second-order valence-electron chi connectivity index (χ2n) is 4.69. The summed E-state index contributed by atoms with van der Waals surface area (Å²) in [6.45, 7) is 8.83. The number of nitrogens with zero attached hydrogens (tertiary/aromatic N) is 1. The van der Waals surface area contributed by atoms with Crippen LogP contribution < -0.4 is 5.32 Å². The minimum Gasteiger partial charge on any atom is -0.317 e. The summed E-state index contributed by atoms with van der Waals surface area (Å²) in [5, 5.41) is 4.69.